The first-order valence-corrected chi connectivity index (χ1v) is 15.3. The number of pyridine rings is 1. The largest absolute Gasteiger partial charge is 0.368 e. The fourth-order valence-corrected chi connectivity index (χ4v) is 6.32. The van der Waals surface area contributed by atoms with Gasteiger partial charge in [0.15, 0.2) is 10.9 Å². The minimum absolute atomic E-state index is 0.0185. The zero-order valence-electron chi connectivity index (χ0n) is 23.9. The summed E-state index contributed by atoms with van der Waals surface area (Å²) in [7, 11) is 1.77. The Kier molecular flexibility index (Phi) is 8.06. The van der Waals surface area contributed by atoms with Crippen molar-refractivity contribution in [1.82, 2.24) is 14.5 Å². The van der Waals surface area contributed by atoms with E-state index in [0.717, 1.165) is 55.1 Å². The van der Waals surface area contributed by atoms with Gasteiger partial charge in [-0.05, 0) is 47.9 Å². The number of nitrogens with zero attached hydrogens (tertiary/aromatic N) is 5. The third-order valence-electron chi connectivity index (χ3n) is 7.85. The van der Waals surface area contributed by atoms with E-state index in [4.69, 9.17) is 4.98 Å². The van der Waals surface area contributed by atoms with Crippen LogP contribution in [0.25, 0.3) is 10.9 Å². The van der Waals surface area contributed by atoms with Crippen molar-refractivity contribution in [3.05, 3.63) is 124 Å². The van der Waals surface area contributed by atoms with E-state index in [9.17, 15) is 9.59 Å². The summed E-state index contributed by atoms with van der Waals surface area (Å²) < 4.78 is 1.63. The summed E-state index contributed by atoms with van der Waals surface area (Å²) in [4.78, 5) is 40.2. The molecule has 2 aromatic heterocycles. The first kappa shape index (κ1) is 27.7. The molecule has 1 saturated heterocycles. The quantitative estimate of drug-likeness (QED) is 0.133. The van der Waals surface area contributed by atoms with Crippen LogP contribution in [0, 0.1) is 0 Å². The Morgan fingerprint density at radius 1 is 0.833 bits per heavy atom. The van der Waals surface area contributed by atoms with Gasteiger partial charge in [-0.1, -0.05) is 73.3 Å². The minimum Gasteiger partial charge on any atom is -0.368 e. The summed E-state index contributed by atoms with van der Waals surface area (Å²) in [5.41, 5.74) is 5.23. The number of ketones is 1. The first-order chi connectivity index (χ1) is 20.5. The van der Waals surface area contributed by atoms with E-state index in [1.54, 1.807) is 17.8 Å². The second-order valence-electron chi connectivity index (χ2n) is 10.5. The highest BCUT2D eigenvalue weighted by molar-refractivity contribution is 7.98. The Labute approximate surface area is 249 Å². The van der Waals surface area contributed by atoms with Gasteiger partial charge in [0, 0.05) is 62.0 Å². The summed E-state index contributed by atoms with van der Waals surface area (Å²) in [5.74, 6) is 1.49. The van der Waals surface area contributed by atoms with E-state index in [1.807, 2.05) is 67.6 Å². The molecule has 6 rings (SSSR count). The molecule has 1 fully saturated rings. The van der Waals surface area contributed by atoms with Crippen molar-refractivity contribution < 1.29 is 4.79 Å². The van der Waals surface area contributed by atoms with E-state index in [0.29, 0.717) is 27.4 Å². The molecule has 3 aromatic carbocycles. The molecule has 5 aromatic rings. The monoisotopic (exact) mass is 575 g/mol. The summed E-state index contributed by atoms with van der Waals surface area (Å²) in [6.45, 7) is 5.69. The van der Waals surface area contributed by atoms with Crippen LogP contribution in [-0.4, -0.2) is 46.5 Å². The molecule has 0 aliphatic carbocycles. The molecule has 3 heterocycles. The molecule has 42 heavy (non-hydrogen) atoms. The van der Waals surface area contributed by atoms with Gasteiger partial charge < -0.3 is 9.80 Å². The number of anilines is 2. The summed E-state index contributed by atoms with van der Waals surface area (Å²) in [6, 6.07) is 27.8. The van der Waals surface area contributed by atoms with Gasteiger partial charge in [-0.2, -0.15) is 0 Å². The zero-order valence-corrected chi connectivity index (χ0v) is 24.7. The topological polar surface area (TPSA) is 71.3 Å². The summed E-state index contributed by atoms with van der Waals surface area (Å²) >= 11 is 1.52. The maximum absolute atomic E-state index is 13.2. The molecule has 1 aliphatic heterocycles. The van der Waals surface area contributed by atoms with Gasteiger partial charge in [-0.25, -0.2) is 9.97 Å². The maximum Gasteiger partial charge on any atom is 0.262 e. The van der Waals surface area contributed by atoms with Gasteiger partial charge in [-0.3, -0.25) is 14.2 Å². The van der Waals surface area contributed by atoms with Crippen LogP contribution < -0.4 is 15.4 Å². The maximum atomic E-state index is 13.2. The number of hydrogen-bond donors (Lipinski definition) is 0. The van der Waals surface area contributed by atoms with E-state index in [2.05, 4.69) is 39.0 Å². The minimum atomic E-state index is -0.0486. The number of fused-ring (bicyclic) bond motifs is 1. The van der Waals surface area contributed by atoms with Gasteiger partial charge >= 0.3 is 0 Å². The molecule has 7 nitrogen and oxygen atoms in total. The zero-order chi connectivity index (χ0) is 29.1. The number of piperazine rings is 1. The van der Waals surface area contributed by atoms with E-state index < -0.39 is 0 Å². The molecular weight excluding hydrogens is 542 g/mol. The number of benzene rings is 3. The van der Waals surface area contributed by atoms with Crippen molar-refractivity contribution in [2.24, 2.45) is 7.05 Å². The number of aromatic nitrogens is 3. The summed E-state index contributed by atoms with van der Waals surface area (Å²) in [5, 5.41) is 1.37. The highest BCUT2D eigenvalue weighted by atomic mass is 32.2. The van der Waals surface area contributed by atoms with Crippen LogP contribution in [0.4, 0.5) is 11.5 Å². The smallest absolute Gasteiger partial charge is 0.262 e. The van der Waals surface area contributed by atoms with Crippen LogP contribution in [0.5, 0.6) is 0 Å². The van der Waals surface area contributed by atoms with E-state index in [1.165, 1.54) is 17.4 Å². The standard InChI is InChI=1S/C34H33N5O2S/c1-3-25-8-7-11-29-31(25)33(41)37(2)34(36-29)42-23-24-12-14-26(15-13-24)32(40)27-16-17-30(35-22-27)39-20-18-38(19-21-39)28-9-5-4-6-10-28/h4-17,22H,3,18-21,23H2,1-2H3. The van der Waals surface area contributed by atoms with Crippen LogP contribution in [-0.2, 0) is 19.2 Å². The third kappa shape index (κ3) is 5.67. The highest BCUT2D eigenvalue weighted by Gasteiger charge is 2.19. The molecule has 8 heteroatoms. The van der Waals surface area contributed by atoms with Crippen molar-refractivity contribution >= 4 is 40.0 Å². The van der Waals surface area contributed by atoms with E-state index in [-0.39, 0.29) is 11.3 Å². The number of carbonyl (C=O) groups excluding carboxylic acids is 1. The van der Waals surface area contributed by atoms with Crippen molar-refractivity contribution in [3.63, 3.8) is 0 Å². The number of rotatable bonds is 8. The Bertz CT molecular complexity index is 1760. The third-order valence-corrected chi connectivity index (χ3v) is 8.95. The van der Waals surface area contributed by atoms with Crippen LogP contribution >= 0.6 is 11.8 Å². The molecule has 0 saturated carbocycles. The lowest BCUT2D eigenvalue weighted by atomic mass is 10.0. The first-order valence-electron chi connectivity index (χ1n) is 14.3. The fraction of sp³-hybridized carbons (Fsp3) is 0.235. The van der Waals surface area contributed by atoms with Crippen LogP contribution in [0.2, 0.25) is 0 Å². The molecule has 0 radical (unpaired) electrons. The lowest BCUT2D eigenvalue weighted by Crippen LogP contribution is -2.46. The number of para-hydroxylation sites is 1. The normalized spacial score (nSPS) is 13.5. The highest BCUT2D eigenvalue weighted by Crippen LogP contribution is 2.24. The van der Waals surface area contributed by atoms with Crippen LogP contribution in [0.3, 0.4) is 0 Å². The molecule has 0 spiro atoms. The van der Waals surface area contributed by atoms with Gasteiger partial charge in [0.1, 0.15) is 5.82 Å². The van der Waals surface area contributed by atoms with Crippen molar-refractivity contribution in [2.75, 3.05) is 36.0 Å². The lowest BCUT2D eigenvalue weighted by molar-refractivity contribution is 0.103. The van der Waals surface area contributed by atoms with Gasteiger partial charge in [0.05, 0.1) is 10.9 Å². The van der Waals surface area contributed by atoms with Gasteiger partial charge in [0.25, 0.3) is 5.56 Å². The van der Waals surface area contributed by atoms with Gasteiger partial charge in [-0.15, -0.1) is 0 Å². The van der Waals surface area contributed by atoms with Crippen LogP contribution in [0.1, 0.15) is 34.0 Å². The SMILES string of the molecule is CCc1cccc2nc(SCc3ccc(C(=O)c4ccc(N5CCN(c6ccccc6)CC5)nc4)cc3)n(C)c(=O)c12. The predicted octanol–water partition coefficient (Wildman–Crippen LogP) is 5.74. The molecule has 1 aliphatic rings. The average molecular weight is 576 g/mol. The molecule has 0 unspecified atom stereocenters. The van der Waals surface area contributed by atoms with E-state index >= 15 is 0 Å². The number of thioether (sulfide) groups is 1. The van der Waals surface area contributed by atoms with Crippen LogP contribution in [0.15, 0.2) is 101 Å². The molecule has 0 amide bonds. The molecule has 0 bridgehead atoms. The number of carbonyl (C=O) groups is 1. The van der Waals surface area contributed by atoms with Crippen molar-refractivity contribution in [3.8, 4) is 0 Å². The number of hydrogen-bond acceptors (Lipinski definition) is 7. The van der Waals surface area contributed by atoms with Crippen molar-refractivity contribution in [1.29, 1.82) is 0 Å². The molecular formula is C34H33N5O2S. The van der Waals surface area contributed by atoms with Gasteiger partial charge in [0.2, 0.25) is 0 Å². The Morgan fingerprint density at radius 3 is 2.24 bits per heavy atom. The fourth-order valence-electron chi connectivity index (χ4n) is 5.39. The average Bonchev–Trinajstić information content (AvgIpc) is 3.06. The molecule has 212 valence electrons. The number of aryl methyl sites for hydroxylation is 1. The Morgan fingerprint density at radius 2 is 1.55 bits per heavy atom. The second kappa shape index (κ2) is 12.2. The second-order valence-corrected chi connectivity index (χ2v) is 11.4. The Balaban J connectivity index is 1.08. The Hall–Kier alpha value is -4.43. The lowest BCUT2D eigenvalue weighted by Gasteiger charge is -2.36. The van der Waals surface area contributed by atoms with Crippen molar-refractivity contribution in [2.45, 2.75) is 24.3 Å². The molecule has 0 atom stereocenters. The summed E-state index contributed by atoms with van der Waals surface area (Å²) in [6.07, 6.45) is 2.47. The molecule has 0 N–H and O–H groups in total. The predicted molar refractivity (Wildman–Crippen MR) is 171 cm³/mol.